The number of ketones is 1. The number of halogens is 2. The van der Waals surface area contributed by atoms with Crippen LogP contribution in [0.4, 0.5) is 5.69 Å². The molecule has 0 bridgehead atoms. The van der Waals surface area contributed by atoms with Crippen LogP contribution in [0.25, 0.3) is 0 Å². The monoisotopic (exact) mass is 335 g/mol. The fourth-order valence-corrected chi connectivity index (χ4v) is 3.15. The zero-order chi connectivity index (χ0) is 15.9. The van der Waals surface area contributed by atoms with Gasteiger partial charge in [0.15, 0.2) is 5.78 Å². The molecule has 0 aliphatic heterocycles. The maximum Gasteiger partial charge on any atom is 0.270 e. The highest BCUT2D eigenvalue weighted by atomic mass is 35.5. The van der Waals surface area contributed by atoms with Gasteiger partial charge in [-0.1, -0.05) is 35.3 Å². The van der Waals surface area contributed by atoms with Crippen LogP contribution in [-0.2, 0) is 0 Å². The fourth-order valence-electron chi connectivity index (χ4n) is 2.84. The van der Waals surface area contributed by atoms with E-state index < -0.39 is 4.92 Å². The van der Waals surface area contributed by atoms with Crippen LogP contribution < -0.4 is 0 Å². The van der Waals surface area contributed by atoms with Gasteiger partial charge in [-0.05, 0) is 29.7 Å². The fraction of sp³-hybridized carbons (Fsp3) is 0.188. The Morgan fingerprint density at radius 2 is 1.86 bits per heavy atom. The van der Waals surface area contributed by atoms with E-state index in [-0.39, 0.29) is 17.4 Å². The number of carbonyl (C=O) groups is 1. The molecule has 3 rings (SSSR count). The Bertz CT molecular complexity index is 789. The predicted molar refractivity (Wildman–Crippen MR) is 85.0 cm³/mol. The van der Waals surface area contributed by atoms with Gasteiger partial charge in [0.05, 0.1) is 15.0 Å². The van der Waals surface area contributed by atoms with Gasteiger partial charge >= 0.3 is 0 Å². The molecule has 1 aliphatic carbocycles. The zero-order valence-corrected chi connectivity index (χ0v) is 12.9. The van der Waals surface area contributed by atoms with Gasteiger partial charge < -0.3 is 0 Å². The number of carbonyl (C=O) groups excluding carboxylic acids is 1. The molecule has 0 saturated carbocycles. The first-order chi connectivity index (χ1) is 10.5. The topological polar surface area (TPSA) is 60.2 Å². The SMILES string of the molecule is O=C1CCC(c2ccc(Cl)c(Cl)c2)c2ccc([N+](=O)[O-])cc21. The van der Waals surface area contributed by atoms with Crippen molar-refractivity contribution in [2.75, 3.05) is 0 Å². The largest absolute Gasteiger partial charge is 0.294 e. The first-order valence-corrected chi connectivity index (χ1v) is 7.49. The first-order valence-electron chi connectivity index (χ1n) is 6.74. The third kappa shape index (κ3) is 2.60. The molecular formula is C16H11Cl2NO3. The van der Waals surface area contributed by atoms with Gasteiger partial charge in [-0.25, -0.2) is 0 Å². The van der Waals surface area contributed by atoms with E-state index in [1.807, 2.05) is 6.07 Å². The van der Waals surface area contributed by atoms with Crippen LogP contribution in [0.2, 0.25) is 10.0 Å². The minimum Gasteiger partial charge on any atom is -0.294 e. The molecule has 112 valence electrons. The quantitative estimate of drug-likeness (QED) is 0.572. The Morgan fingerprint density at radius 1 is 1.09 bits per heavy atom. The maximum absolute atomic E-state index is 12.1. The Kier molecular flexibility index (Phi) is 3.89. The van der Waals surface area contributed by atoms with Crippen molar-refractivity contribution >= 4 is 34.7 Å². The van der Waals surface area contributed by atoms with Crippen LogP contribution in [-0.4, -0.2) is 10.7 Å². The van der Waals surface area contributed by atoms with Crippen molar-refractivity contribution in [2.45, 2.75) is 18.8 Å². The Balaban J connectivity index is 2.10. The molecule has 6 heteroatoms. The number of hydrogen-bond acceptors (Lipinski definition) is 3. The molecule has 0 saturated heterocycles. The summed E-state index contributed by atoms with van der Waals surface area (Å²) in [4.78, 5) is 22.5. The molecule has 2 aromatic rings. The Labute approximate surface area is 136 Å². The highest BCUT2D eigenvalue weighted by molar-refractivity contribution is 6.42. The van der Waals surface area contributed by atoms with Crippen LogP contribution in [0.5, 0.6) is 0 Å². The highest BCUT2D eigenvalue weighted by Gasteiger charge is 2.28. The number of non-ortho nitro benzene ring substituents is 1. The van der Waals surface area contributed by atoms with Crippen molar-refractivity contribution < 1.29 is 9.72 Å². The molecule has 0 amide bonds. The number of benzene rings is 2. The summed E-state index contributed by atoms with van der Waals surface area (Å²) in [6.07, 6.45) is 1.01. The molecule has 0 aromatic heterocycles. The molecule has 0 radical (unpaired) electrons. The maximum atomic E-state index is 12.1. The summed E-state index contributed by atoms with van der Waals surface area (Å²) in [5, 5.41) is 11.8. The van der Waals surface area contributed by atoms with Crippen LogP contribution >= 0.6 is 23.2 Å². The number of hydrogen-bond donors (Lipinski definition) is 0. The van der Waals surface area contributed by atoms with Crippen molar-refractivity contribution in [3.63, 3.8) is 0 Å². The number of fused-ring (bicyclic) bond motifs is 1. The number of nitrogens with zero attached hydrogens (tertiary/aromatic N) is 1. The van der Waals surface area contributed by atoms with Crippen LogP contribution in [0.1, 0.15) is 40.2 Å². The lowest BCUT2D eigenvalue weighted by Gasteiger charge is -2.25. The smallest absolute Gasteiger partial charge is 0.270 e. The lowest BCUT2D eigenvalue weighted by molar-refractivity contribution is -0.384. The normalized spacial score (nSPS) is 17.2. The van der Waals surface area contributed by atoms with Gasteiger partial charge in [0.25, 0.3) is 5.69 Å². The minimum absolute atomic E-state index is 0.0109. The lowest BCUT2D eigenvalue weighted by atomic mass is 9.78. The molecule has 1 unspecified atom stereocenters. The van der Waals surface area contributed by atoms with Crippen LogP contribution in [0.15, 0.2) is 36.4 Å². The van der Waals surface area contributed by atoms with Gasteiger partial charge in [-0.2, -0.15) is 0 Å². The van der Waals surface area contributed by atoms with Gasteiger partial charge in [-0.15, -0.1) is 0 Å². The summed E-state index contributed by atoms with van der Waals surface area (Å²) in [6.45, 7) is 0. The van der Waals surface area contributed by atoms with Gasteiger partial charge in [0, 0.05) is 30.0 Å². The number of nitro groups is 1. The van der Waals surface area contributed by atoms with E-state index in [1.54, 1.807) is 18.2 Å². The third-order valence-electron chi connectivity index (χ3n) is 3.93. The zero-order valence-electron chi connectivity index (χ0n) is 11.4. The lowest BCUT2D eigenvalue weighted by Crippen LogP contribution is -2.17. The van der Waals surface area contributed by atoms with E-state index in [0.717, 1.165) is 11.1 Å². The Morgan fingerprint density at radius 3 is 2.55 bits per heavy atom. The standard InChI is InChI=1S/C16H11Cl2NO3/c17-14-5-1-9(7-15(14)18)11-4-6-16(20)13-8-10(19(21)22)2-3-12(11)13/h1-3,5,7-8,11H,4,6H2. The summed E-state index contributed by atoms with van der Waals surface area (Å²) in [7, 11) is 0. The summed E-state index contributed by atoms with van der Waals surface area (Å²) >= 11 is 12.0. The second-order valence-electron chi connectivity index (χ2n) is 5.22. The number of Topliss-reactive ketones (excluding diaryl/α,β-unsaturated/α-hetero) is 1. The molecular weight excluding hydrogens is 325 g/mol. The van der Waals surface area contributed by atoms with Crippen molar-refractivity contribution in [1.29, 1.82) is 0 Å². The molecule has 2 aromatic carbocycles. The van der Waals surface area contributed by atoms with Crippen molar-refractivity contribution in [3.05, 3.63) is 73.2 Å². The molecule has 0 heterocycles. The molecule has 0 fully saturated rings. The molecule has 0 N–H and O–H groups in total. The van der Waals surface area contributed by atoms with Crippen molar-refractivity contribution in [3.8, 4) is 0 Å². The van der Waals surface area contributed by atoms with Crippen molar-refractivity contribution in [1.82, 2.24) is 0 Å². The summed E-state index contributed by atoms with van der Waals surface area (Å²) < 4.78 is 0. The molecule has 0 spiro atoms. The average Bonchev–Trinajstić information content (AvgIpc) is 2.50. The van der Waals surface area contributed by atoms with Crippen LogP contribution in [0, 0.1) is 10.1 Å². The highest BCUT2D eigenvalue weighted by Crippen LogP contribution is 2.39. The number of rotatable bonds is 2. The van der Waals surface area contributed by atoms with E-state index in [9.17, 15) is 14.9 Å². The molecule has 1 aliphatic rings. The summed E-state index contributed by atoms with van der Waals surface area (Å²) in [5.41, 5.74) is 2.12. The predicted octanol–water partition coefficient (Wildman–Crippen LogP) is 5.01. The minimum atomic E-state index is -0.490. The Hall–Kier alpha value is -1.91. The third-order valence-corrected chi connectivity index (χ3v) is 4.67. The summed E-state index contributed by atoms with van der Waals surface area (Å²) in [6, 6.07) is 9.84. The average molecular weight is 336 g/mol. The van der Waals surface area contributed by atoms with Crippen molar-refractivity contribution in [2.24, 2.45) is 0 Å². The van der Waals surface area contributed by atoms with Crippen LogP contribution in [0.3, 0.4) is 0 Å². The molecule has 22 heavy (non-hydrogen) atoms. The molecule has 4 nitrogen and oxygen atoms in total. The van der Waals surface area contributed by atoms with Gasteiger partial charge in [0.1, 0.15) is 0 Å². The number of nitro benzene ring substituents is 1. The van der Waals surface area contributed by atoms with Gasteiger partial charge in [0.2, 0.25) is 0 Å². The molecule has 1 atom stereocenters. The second kappa shape index (κ2) is 5.71. The summed E-state index contributed by atoms with van der Waals surface area (Å²) in [5.74, 6) is -0.0710. The second-order valence-corrected chi connectivity index (χ2v) is 6.03. The van der Waals surface area contributed by atoms with Gasteiger partial charge in [-0.3, -0.25) is 14.9 Å². The van der Waals surface area contributed by atoms with E-state index >= 15 is 0 Å². The van der Waals surface area contributed by atoms with E-state index in [4.69, 9.17) is 23.2 Å². The van der Waals surface area contributed by atoms with E-state index in [1.165, 1.54) is 12.1 Å². The first kappa shape index (κ1) is 15.0. The van der Waals surface area contributed by atoms with E-state index in [2.05, 4.69) is 0 Å². The van der Waals surface area contributed by atoms with E-state index in [0.29, 0.717) is 28.5 Å².